The molecule has 106 valence electrons. The Morgan fingerprint density at radius 1 is 1.30 bits per heavy atom. The van der Waals surface area contributed by atoms with E-state index in [4.69, 9.17) is 14.3 Å². The lowest BCUT2D eigenvalue weighted by Gasteiger charge is -2.10. The Morgan fingerprint density at radius 3 is 2.80 bits per heavy atom. The SMILES string of the molecule is CCOCc1ccccc1NCc1ccc(C(=O)O)o1. The average molecular weight is 275 g/mol. The zero-order valence-electron chi connectivity index (χ0n) is 11.3. The van der Waals surface area contributed by atoms with E-state index in [0.717, 1.165) is 11.3 Å². The fourth-order valence-electron chi connectivity index (χ4n) is 1.80. The van der Waals surface area contributed by atoms with Crippen molar-refractivity contribution in [2.45, 2.75) is 20.1 Å². The Kier molecular flexibility index (Phi) is 4.79. The Morgan fingerprint density at radius 2 is 2.10 bits per heavy atom. The lowest BCUT2D eigenvalue weighted by atomic mass is 10.2. The molecule has 1 aromatic heterocycles. The van der Waals surface area contributed by atoms with Crippen LogP contribution in [0.3, 0.4) is 0 Å². The first-order chi connectivity index (χ1) is 9.70. The van der Waals surface area contributed by atoms with Gasteiger partial charge in [0, 0.05) is 17.9 Å². The maximum atomic E-state index is 10.7. The van der Waals surface area contributed by atoms with Crippen molar-refractivity contribution < 1.29 is 19.1 Å². The molecule has 0 fully saturated rings. The van der Waals surface area contributed by atoms with E-state index in [9.17, 15) is 4.79 Å². The number of rotatable bonds is 7. The van der Waals surface area contributed by atoms with E-state index in [1.54, 1.807) is 6.07 Å². The van der Waals surface area contributed by atoms with Crippen LogP contribution >= 0.6 is 0 Å². The first kappa shape index (κ1) is 14.1. The Labute approximate surface area is 117 Å². The van der Waals surface area contributed by atoms with Gasteiger partial charge in [-0.25, -0.2) is 4.79 Å². The maximum absolute atomic E-state index is 10.7. The van der Waals surface area contributed by atoms with E-state index in [0.29, 0.717) is 25.5 Å². The molecule has 0 spiro atoms. The highest BCUT2D eigenvalue weighted by molar-refractivity contribution is 5.84. The van der Waals surface area contributed by atoms with Crippen LogP contribution < -0.4 is 5.32 Å². The monoisotopic (exact) mass is 275 g/mol. The van der Waals surface area contributed by atoms with Gasteiger partial charge in [0.1, 0.15) is 5.76 Å². The third-order valence-corrected chi connectivity index (χ3v) is 2.80. The van der Waals surface area contributed by atoms with Crippen molar-refractivity contribution in [1.82, 2.24) is 0 Å². The number of aromatic carboxylic acids is 1. The van der Waals surface area contributed by atoms with Crippen LogP contribution in [-0.2, 0) is 17.9 Å². The molecule has 0 bridgehead atoms. The smallest absolute Gasteiger partial charge is 0.371 e. The van der Waals surface area contributed by atoms with E-state index in [1.165, 1.54) is 6.07 Å². The minimum absolute atomic E-state index is 0.0515. The van der Waals surface area contributed by atoms with Crippen molar-refractivity contribution in [2.24, 2.45) is 0 Å². The van der Waals surface area contributed by atoms with Gasteiger partial charge in [-0.05, 0) is 25.1 Å². The van der Waals surface area contributed by atoms with Crippen LogP contribution in [0.2, 0.25) is 0 Å². The summed E-state index contributed by atoms with van der Waals surface area (Å²) in [6.45, 7) is 3.58. The molecule has 1 heterocycles. The van der Waals surface area contributed by atoms with Crippen LogP contribution in [0, 0.1) is 0 Å². The van der Waals surface area contributed by atoms with Crippen molar-refractivity contribution in [3.8, 4) is 0 Å². The maximum Gasteiger partial charge on any atom is 0.371 e. The molecular formula is C15H17NO4. The van der Waals surface area contributed by atoms with Crippen molar-refractivity contribution in [1.29, 1.82) is 0 Å². The number of para-hydroxylation sites is 1. The van der Waals surface area contributed by atoms with E-state index in [2.05, 4.69) is 5.32 Å². The van der Waals surface area contributed by atoms with Crippen LogP contribution in [0.4, 0.5) is 5.69 Å². The third kappa shape index (κ3) is 3.61. The van der Waals surface area contributed by atoms with Crippen LogP contribution in [0.1, 0.15) is 28.8 Å². The summed E-state index contributed by atoms with van der Waals surface area (Å²) < 4.78 is 10.6. The average Bonchev–Trinajstić information content (AvgIpc) is 2.93. The van der Waals surface area contributed by atoms with Crippen molar-refractivity contribution in [3.63, 3.8) is 0 Å². The zero-order chi connectivity index (χ0) is 14.4. The minimum Gasteiger partial charge on any atom is -0.475 e. The van der Waals surface area contributed by atoms with Crippen LogP contribution in [0.15, 0.2) is 40.8 Å². The molecule has 0 atom stereocenters. The molecular weight excluding hydrogens is 258 g/mol. The van der Waals surface area contributed by atoms with Gasteiger partial charge >= 0.3 is 5.97 Å². The minimum atomic E-state index is -1.06. The summed E-state index contributed by atoms with van der Waals surface area (Å²) in [5.74, 6) is -0.536. The highest BCUT2D eigenvalue weighted by Crippen LogP contribution is 2.18. The highest BCUT2D eigenvalue weighted by Gasteiger charge is 2.09. The standard InChI is InChI=1S/C15H17NO4/c1-2-19-10-11-5-3-4-6-13(11)16-9-12-7-8-14(20-12)15(17)18/h3-8,16H,2,9-10H2,1H3,(H,17,18). The molecule has 5 nitrogen and oxygen atoms in total. The number of ether oxygens (including phenoxy) is 1. The molecule has 0 aliphatic rings. The molecule has 2 rings (SSSR count). The van der Waals surface area contributed by atoms with Gasteiger partial charge in [-0.1, -0.05) is 18.2 Å². The summed E-state index contributed by atoms with van der Waals surface area (Å²) in [4.78, 5) is 10.7. The lowest BCUT2D eigenvalue weighted by Crippen LogP contribution is -2.03. The van der Waals surface area contributed by atoms with Gasteiger partial charge in [-0.2, -0.15) is 0 Å². The molecule has 0 saturated carbocycles. The van der Waals surface area contributed by atoms with Gasteiger partial charge in [-0.15, -0.1) is 0 Å². The number of furan rings is 1. The Bertz CT molecular complexity index is 577. The highest BCUT2D eigenvalue weighted by atomic mass is 16.5. The predicted molar refractivity (Wildman–Crippen MR) is 74.8 cm³/mol. The zero-order valence-corrected chi connectivity index (χ0v) is 11.3. The first-order valence-corrected chi connectivity index (χ1v) is 6.42. The van der Waals surface area contributed by atoms with E-state index >= 15 is 0 Å². The molecule has 0 amide bonds. The van der Waals surface area contributed by atoms with Gasteiger partial charge in [0.15, 0.2) is 0 Å². The number of carboxylic acid groups (broad SMARTS) is 1. The molecule has 0 aliphatic heterocycles. The van der Waals surface area contributed by atoms with E-state index in [-0.39, 0.29) is 5.76 Å². The second-order valence-electron chi connectivity index (χ2n) is 4.22. The number of anilines is 1. The molecule has 1 aromatic carbocycles. The second kappa shape index (κ2) is 6.77. The quantitative estimate of drug-likeness (QED) is 0.812. The van der Waals surface area contributed by atoms with Gasteiger partial charge in [0.25, 0.3) is 0 Å². The van der Waals surface area contributed by atoms with Crippen LogP contribution in [0.5, 0.6) is 0 Å². The number of benzene rings is 1. The number of hydrogen-bond acceptors (Lipinski definition) is 4. The largest absolute Gasteiger partial charge is 0.475 e. The summed E-state index contributed by atoms with van der Waals surface area (Å²) in [6, 6.07) is 10.9. The molecule has 2 N–H and O–H groups in total. The Hall–Kier alpha value is -2.27. The fraction of sp³-hybridized carbons (Fsp3) is 0.267. The number of carbonyl (C=O) groups is 1. The van der Waals surface area contributed by atoms with E-state index < -0.39 is 5.97 Å². The third-order valence-electron chi connectivity index (χ3n) is 2.80. The van der Waals surface area contributed by atoms with Crippen molar-refractivity contribution in [2.75, 3.05) is 11.9 Å². The molecule has 5 heteroatoms. The predicted octanol–water partition coefficient (Wildman–Crippen LogP) is 3.13. The second-order valence-corrected chi connectivity index (χ2v) is 4.22. The van der Waals surface area contributed by atoms with Crippen molar-refractivity contribution in [3.05, 3.63) is 53.5 Å². The summed E-state index contributed by atoms with van der Waals surface area (Å²) in [5.41, 5.74) is 2.01. The molecule has 0 radical (unpaired) electrons. The number of carboxylic acids is 1. The fourth-order valence-corrected chi connectivity index (χ4v) is 1.80. The summed E-state index contributed by atoms with van der Waals surface area (Å²) in [7, 11) is 0. The molecule has 0 saturated heterocycles. The van der Waals surface area contributed by atoms with Crippen LogP contribution in [0.25, 0.3) is 0 Å². The van der Waals surface area contributed by atoms with Gasteiger partial charge in [0.2, 0.25) is 5.76 Å². The van der Waals surface area contributed by atoms with Crippen LogP contribution in [-0.4, -0.2) is 17.7 Å². The summed E-state index contributed by atoms with van der Waals surface area (Å²) >= 11 is 0. The number of hydrogen-bond donors (Lipinski definition) is 2. The molecule has 2 aromatic rings. The van der Waals surface area contributed by atoms with Gasteiger partial charge in [0.05, 0.1) is 13.2 Å². The summed E-state index contributed by atoms with van der Waals surface area (Å²) in [6.07, 6.45) is 0. The van der Waals surface area contributed by atoms with Gasteiger partial charge < -0.3 is 19.6 Å². The molecule has 0 aliphatic carbocycles. The lowest BCUT2D eigenvalue weighted by molar-refractivity contribution is 0.0660. The summed E-state index contributed by atoms with van der Waals surface area (Å²) in [5, 5.41) is 12.0. The topological polar surface area (TPSA) is 71.7 Å². The van der Waals surface area contributed by atoms with Gasteiger partial charge in [-0.3, -0.25) is 0 Å². The first-order valence-electron chi connectivity index (χ1n) is 6.42. The molecule has 20 heavy (non-hydrogen) atoms. The normalized spacial score (nSPS) is 10.4. The number of nitrogens with one attached hydrogen (secondary N) is 1. The van der Waals surface area contributed by atoms with E-state index in [1.807, 2.05) is 31.2 Å². The molecule has 0 unspecified atom stereocenters. The Balaban J connectivity index is 2.00. The van der Waals surface area contributed by atoms with Crippen molar-refractivity contribution >= 4 is 11.7 Å².